The summed E-state index contributed by atoms with van der Waals surface area (Å²) in [6.45, 7) is 2.47. The van der Waals surface area contributed by atoms with Crippen LogP contribution in [0.25, 0.3) is 0 Å². The minimum absolute atomic E-state index is 0.233. The monoisotopic (exact) mass is 369 g/mol. The number of carbonyl (C=O) groups is 2. The zero-order chi connectivity index (χ0) is 19.2. The molecule has 1 saturated carbocycles. The standard InChI is InChI=1S/C21H27N3O3/c1-15-18(13-22-24(15)14-16-9-5-4-6-10-16)20(25)23-19-12-8-3-2-7-11-17(19)21(26)27/h4-6,9-10,13,17,19H,2-3,7-8,11-12,14H2,1H3,(H,23,25)(H,26,27). The zero-order valence-corrected chi connectivity index (χ0v) is 15.7. The molecule has 6 heteroatoms. The number of nitrogens with one attached hydrogen (secondary N) is 1. The molecule has 27 heavy (non-hydrogen) atoms. The first kappa shape index (κ1) is 19.1. The number of aromatic nitrogens is 2. The number of carboxylic acids is 1. The number of nitrogens with zero attached hydrogens (tertiary/aromatic N) is 2. The van der Waals surface area contributed by atoms with E-state index in [0.29, 0.717) is 24.9 Å². The maximum absolute atomic E-state index is 12.8. The van der Waals surface area contributed by atoms with E-state index < -0.39 is 11.9 Å². The largest absolute Gasteiger partial charge is 0.481 e. The van der Waals surface area contributed by atoms with Gasteiger partial charge in [-0.3, -0.25) is 14.3 Å². The first-order valence-electron chi connectivity index (χ1n) is 9.66. The van der Waals surface area contributed by atoms with Gasteiger partial charge >= 0.3 is 5.97 Å². The molecule has 1 aliphatic carbocycles. The molecule has 1 aliphatic rings. The van der Waals surface area contributed by atoms with Crippen molar-refractivity contribution in [3.05, 3.63) is 53.3 Å². The topological polar surface area (TPSA) is 84.2 Å². The lowest BCUT2D eigenvalue weighted by molar-refractivity contribution is -0.143. The third-order valence-electron chi connectivity index (χ3n) is 5.42. The van der Waals surface area contributed by atoms with Crippen molar-refractivity contribution in [3.8, 4) is 0 Å². The Labute approximate surface area is 159 Å². The summed E-state index contributed by atoms with van der Waals surface area (Å²) in [4.78, 5) is 24.5. The molecule has 144 valence electrons. The lowest BCUT2D eigenvalue weighted by Crippen LogP contribution is -2.44. The third-order valence-corrected chi connectivity index (χ3v) is 5.42. The average Bonchev–Trinajstić information content (AvgIpc) is 2.98. The summed E-state index contributed by atoms with van der Waals surface area (Å²) in [5.74, 6) is -1.57. The Bertz CT molecular complexity index is 785. The van der Waals surface area contributed by atoms with Crippen LogP contribution in [0.3, 0.4) is 0 Å². The lowest BCUT2D eigenvalue weighted by Gasteiger charge is -2.27. The van der Waals surface area contributed by atoms with Gasteiger partial charge in [0.15, 0.2) is 0 Å². The fourth-order valence-corrected chi connectivity index (χ4v) is 3.78. The van der Waals surface area contributed by atoms with Crippen molar-refractivity contribution in [3.63, 3.8) is 0 Å². The Morgan fingerprint density at radius 3 is 2.56 bits per heavy atom. The number of aliphatic carboxylic acids is 1. The summed E-state index contributed by atoms with van der Waals surface area (Å²) in [5, 5.41) is 16.9. The lowest BCUT2D eigenvalue weighted by atomic mass is 9.86. The molecule has 2 atom stereocenters. The van der Waals surface area contributed by atoms with Crippen LogP contribution in [0, 0.1) is 12.8 Å². The maximum Gasteiger partial charge on any atom is 0.308 e. The molecular weight excluding hydrogens is 342 g/mol. The van der Waals surface area contributed by atoms with E-state index in [0.717, 1.165) is 36.9 Å². The van der Waals surface area contributed by atoms with Crippen molar-refractivity contribution in [2.24, 2.45) is 5.92 Å². The van der Waals surface area contributed by atoms with E-state index in [1.54, 1.807) is 10.9 Å². The highest BCUT2D eigenvalue weighted by Gasteiger charge is 2.30. The van der Waals surface area contributed by atoms with Gasteiger partial charge in [0.2, 0.25) is 0 Å². The minimum atomic E-state index is -0.821. The van der Waals surface area contributed by atoms with Crippen molar-refractivity contribution >= 4 is 11.9 Å². The first-order chi connectivity index (χ1) is 13.1. The highest BCUT2D eigenvalue weighted by atomic mass is 16.4. The van der Waals surface area contributed by atoms with Crippen LogP contribution in [0.15, 0.2) is 36.5 Å². The molecule has 1 amide bonds. The van der Waals surface area contributed by atoms with Crippen molar-refractivity contribution in [2.45, 2.75) is 58.0 Å². The predicted molar refractivity (Wildman–Crippen MR) is 103 cm³/mol. The van der Waals surface area contributed by atoms with Gasteiger partial charge in [-0.15, -0.1) is 0 Å². The summed E-state index contributed by atoms with van der Waals surface area (Å²) < 4.78 is 1.80. The molecule has 1 aromatic carbocycles. The number of carbonyl (C=O) groups excluding carboxylic acids is 1. The summed E-state index contributed by atoms with van der Waals surface area (Å²) in [7, 11) is 0. The van der Waals surface area contributed by atoms with E-state index in [2.05, 4.69) is 10.4 Å². The number of benzene rings is 1. The Morgan fingerprint density at radius 1 is 1.15 bits per heavy atom. The van der Waals surface area contributed by atoms with Gasteiger partial charge in [0.05, 0.1) is 24.2 Å². The van der Waals surface area contributed by atoms with Gasteiger partial charge in [0.1, 0.15) is 0 Å². The van der Waals surface area contributed by atoms with E-state index in [4.69, 9.17) is 0 Å². The molecule has 1 heterocycles. The van der Waals surface area contributed by atoms with Crippen LogP contribution in [-0.4, -0.2) is 32.8 Å². The summed E-state index contributed by atoms with van der Waals surface area (Å²) in [5.41, 5.74) is 2.41. The molecule has 6 nitrogen and oxygen atoms in total. The second-order valence-electron chi connectivity index (χ2n) is 7.30. The molecule has 0 spiro atoms. The van der Waals surface area contributed by atoms with Crippen molar-refractivity contribution in [2.75, 3.05) is 0 Å². The van der Waals surface area contributed by atoms with E-state index in [1.807, 2.05) is 37.3 Å². The molecule has 0 radical (unpaired) electrons. The third kappa shape index (κ3) is 4.76. The van der Waals surface area contributed by atoms with Gasteiger partial charge in [-0.2, -0.15) is 5.10 Å². The first-order valence-corrected chi connectivity index (χ1v) is 9.66. The van der Waals surface area contributed by atoms with Crippen molar-refractivity contribution in [1.82, 2.24) is 15.1 Å². The van der Waals surface area contributed by atoms with Gasteiger partial charge < -0.3 is 10.4 Å². The normalized spacial score (nSPS) is 20.5. The van der Waals surface area contributed by atoms with E-state index >= 15 is 0 Å². The van der Waals surface area contributed by atoms with Crippen molar-refractivity contribution in [1.29, 1.82) is 0 Å². The molecule has 2 unspecified atom stereocenters. The maximum atomic E-state index is 12.8. The highest BCUT2D eigenvalue weighted by Crippen LogP contribution is 2.24. The second-order valence-corrected chi connectivity index (χ2v) is 7.30. The van der Waals surface area contributed by atoms with E-state index in [1.165, 1.54) is 0 Å². The molecule has 1 fully saturated rings. The average molecular weight is 369 g/mol. The summed E-state index contributed by atoms with van der Waals surface area (Å²) >= 11 is 0. The Kier molecular flexibility index (Phi) is 6.27. The van der Waals surface area contributed by atoms with Crippen LogP contribution in [0.5, 0.6) is 0 Å². The number of hydrogen-bond acceptors (Lipinski definition) is 3. The molecular formula is C21H27N3O3. The van der Waals surface area contributed by atoms with Crippen LogP contribution < -0.4 is 5.32 Å². The van der Waals surface area contributed by atoms with Gasteiger partial charge in [-0.25, -0.2) is 0 Å². The second kappa shape index (κ2) is 8.84. The molecule has 2 N–H and O–H groups in total. The zero-order valence-electron chi connectivity index (χ0n) is 15.7. The van der Waals surface area contributed by atoms with Crippen LogP contribution in [0.4, 0.5) is 0 Å². The predicted octanol–water partition coefficient (Wildman–Crippen LogP) is 3.39. The van der Waals surface area contributed by atoms with Crippen LogP contribution in [-0.2, 0) is 11.3 Å². The Morgan fingerprint density at radius 2 is 1.85 bits per heavy atom. The smallest absolute Gasteiger partial charge is 0.308 e. The van der Waals surface area contributed by atoms with Gasteiger partial charge in [0.25, 0.3) is 5.91 Å². The minimum Gasteiger partial charge on any atom is -0.481 e. The van der Waals surface area contributed by atoms with Crippen LogP contribution >= 0.6 is 0 Å². The van der Waals surface area contributed by atoms with Crippen LogP contribution in [0.1, 0.15) is 60.1 Å². The highest BCUT2D eigenvalue weighted by molar-refractivity contribution is 5.95. The summed E-state index contributed by atoms with van der Waals surface area (Å²) in [6, 6.07) is 9.63. The van der Waals surface area contributed by atoms with Gasteiger partial charge in [-0.05, 0) is 25.3 Å². The molecule has 0 bridgehead atoms. The van der Waals surface area contributed by atoms with E-state index in [-0.39, 0.29) is 11.9 Å². The van der Waals surface area contributed by atoms with Crippen LogP contribution in [0.2, 0.25) is 0 Å². The number of hydrogen-bond donors (Lipinski definition) is 2. The number of amides is 1. The molecule has 3 rings (SSSR count). The molecule has 0 saturated heterocycles. The van der Waals surface area contributed by atoms with Gasteiger partial charge in [-0.1, -0.05) is 56.0 Å². The Hall–Kier alpha value is -2.63. The van der Waals surface area contributed by atoms with Gasteiger partial charge in [0, 0.05) is 11.7 Å². The number of carboxylic acid groups (broad SMARTS) is 1. The van der Waals surface area contributed by atoms with E-state index in [9.17, 15) is 14.7 Å². The summed E-state index contributed by atoms with van der Waals surface area (Å²) in [6.07, 6.45) is 6.90. The Balaban J connectivity index is 1.72. The SMILES string of the molecule is Cc1c(C(=O)NC2CCCCCCC2C(=O)O)cnn1Cc1ccccc1. The fraction of sp³-hybridized carbons (Fsp3) is 0.476. The molecule has 2 aromatic rings. The molecule has 0 aliphatic heterocycles. The number of rotatable bonds is 5. The quantitative estimate of drug-likeness (QED) is 0.846. The van der Waals surface area contributed by atoms with Crippen molar-refractivity contribution < 1.29 is 14.7 Å². The fourth-order valence-electron chi connectivity index (χ4n) is 3.78. The molecule has 1 aromatic heterocycles.